The van der Waals surface area contributed by atoms with Crippen LogP contribution in [-0.2, 0) is 6.42 Å². The maximum atomic E-state index is 13.4. The molecule has 5 rings (SSSR count). The number of anilines is 1. The molecule has 0 bridgehead atoms. The lowest BCUT2D eigenvalue weighted by Crippen LogP contribution is -2.46. The smallest absolute Gasteiger partial charge is 0.326 e. The third-order valence-electron chi connectivity index (χ3n) is 6.02. The maximum Gasteiger partial charge on any atom is 0.326 e. The Morgan fingerprint density at radius 3 is 2.54 bits per heavy atom. The molecule has 1 aromatic heterocycles. The molecule has 1 atom stereocenters. The Hall–Kier alpha value is -3.97. The fraction of sp³-hybridized carbons (Fsp3) is 0.148. The predicted octanol–water partition coefficient (Wildman–Crippen LogP) is 6.79. The number of halogens is 2. The number of urea groups is 1. The summed E-state index contributed by atoms with van der Waals surface area (Å²) < 4.78 is 19.1. The number of amides is 2. The van der Waals surface area contributed by atoms with Crippen LogP contribution in [0, 0.1) is 5.82 Å². The minimum absolute atomic E-state index is 0.262. The van der Waals surface area contributed by atoms with Gasteiger partial charge in [0.1, 0.15) is 5.82 Å². The van der Waals surface area contributed by atoms with E-state index in [4.69, 9.17) is 16.1 Å². The number of hydrogen-bond donors (Lipinski definition) is 1. The lowest BCUT2D eigenvalue weighted by Gasteiger charge is -2.35. The molecule has 35 heavy (non-hydrogen) atoms. The van der Waals surface area contributed by atoms with Gasteiger partial charge in [-0.25, -0.2) is 9.18 Å². The highest BCUT2D eigenvalue weighted by molar-refractivity contribution is 6.30. The lowest BCUT2D eigenvalue weighted by atomic mass is 9.94. The van der Waals surface area contributed by atoms with Crippen LogP contribution in [0.1, 0.15) is 36.9 Å². The van der Waals surface area contributed by atoms with E-state index in [-0.39, 0.29) is 17.7 Å². The zero-order valence-electron chi connectivity index (χ0n) is 19.1. The van der Waals surface area contributed by atoms with E-state index in [1.54, 1.807) is 29.2 Å². The van der Waals surface area contributed by atoms with Crippen LogP contribution in [0.4, 0.5) is 14.9 Å². The first-order valence-corrected chi connectivity index (χ1v) is 11.6. The fourth-order valence-corrected chi connectivity index (χ4v) is 4.33. The molecule has 2 heterocycles. The average Bonchev–Trinajstić information content (AvgIpc) is 3.34. The minimum Gasteiger partial charge on any atom is -0.334 e. The van der Waals surface area contributed by atoms with E-state index in [9.17, 15) is 9.18 Å². The Morgan fingerprint density at radius 1 is 1.09 bits per heavy atom. The highest BCUT2D eigenvalue weighted by Gasteiger charge is 2.36. The highest BCUT2D eigenvalue weighted by Crippen LogP contribution is 2.39. The van der Waals surface area contributed by atoms with Crippen molar-refractivity contribution in [3.05, 3.63) is 106 Å². The van der Waals surface area contributed by atoms with Crippen LogP contribution >= 0.6 is 11.6 Å². The molecule has 6 nitrogen and oxygen atoms in total. The van der Waals surface area contributed by atoms with Crippen molar-refractivity contribution < 1.29 is 13.7 Å². The first kappa shape index (κ1) is 22.8. The predicted molar refractivity (Wildman–Crippen MR) is 133 cm³/mol. The summed E-state index contributed by atoms with van der Waals surface area (Å²) in [5.74, 6) is 0.240. The minimum atomic E-state index is -0.535. The Bertz CT molecular complexity index is 1410. The molecule has 1 aliphatic rings. The zero-order valence-corrected chi connectivity index (χ0v) is 19.9. The SMILES string of the molecule is CCc1cccc(N2C(=O)NC(c3ccc(Cl)cc3)C(c3nc(-c4ccc(F)cc4)no3)=C2C)c1. The molecule has 0 saturated heterocycles. The van der Waals surface area contributed by atoms with E-state index in [1.165, 1.54) is 12.1 Å². The summed E-state index contributed by atoms with van der Waals surface area (Å²) in [6.45, 7) is 3.92. The van der Waals surface area contributed by atoms with Gasteiger partial charge >= 0.3 is 6.03 Å². The van der Waals surface area contributed by atoms with E-state index in [0.717, 1.165) is 23.2 Å². The van der Waals surface area contributed by atoms with Crippen LogP contribution in [0.2, 0.25) is 5.02 Å². The number of allylic oxidation sites excluding steroid dienone is 1. The number of aromatic nitrogens is 2. The summed E-state index contributed by atoms with van der Waals surface area (Å²) >= 11 is 6.10. The molecule has 3 aromatic carbocycles. The highest BCUT2D eigenvalue weighted by atomic mass is 35.5. The molecule has 0 radical (unpaired) electrons. The molecule has 176 valence electrons. The number of rotatable bonds is 5. The van der Waals surface area contributed by atoms with Crippen molar-refractivity contribution in [3.63, 3.8) is 0 Å². The number of carbonyl (C=O) groups excluding carboxylic acids is 1. The second-order valence-electron chi connectivity index (χ2n) is 8.22. The van der Waals surface area contributed by atoms with Crippen molar-refractivity contribution in [1.82, 2.24) is 15.5 Å². The van der Waals surface area contributed by atoms with Gasteiger partial charge in [-0.05, 0) is 73.0 Å². The van der Waals surface area contributed by atoms with Gasteiger partial charge in [-0.1, -0.05) is 47.9 Å². The molecular formula is C27H22ClFN4O2. The van der Waals surface area contributed by atoms with E-state index >= 15 is 0 Å². The van der Waals surface area contributed by atoms with Gasteiger partial charge in [-0.3, -0.25) is 4.90 Å². The van der Waals surface area contributed by atoms with E-state index in [2.05, 4.69) is 22.4 Å². The monoisotopic (exact) mass is 488 g/mol. The van der Waals surface area contributed by atoms with Crippen LogP contribution in [0.15, 0.2) is 83.0 Å². The van der Waals surface area contributed by atoms with Crippen LogP contribution < -0.4 is 10.2 Å². The zero-order chi connectivity index (χ0) is 24.5. The molecule has 2 amide bonds. The third kappa shape index (κ3) is 4.42. The van der Waals surface area contributed by atoms with E-state index in [1.807, 2.05) is 43.3 Å². The van der Waals surface area contributed by atoms with Gasteiger partial charge in [0, 0.05) is 16.3 Å². The van der Waals surface area contributed by atoms with Crippen molar-refractivity contribution >= 4 is 28.9 Å². The van der Waals surface area contributed by atoms with Gasteiger partial charge in [0.15, 0.2) is 0 Å². The first-order valence-electron chi connectivity index (χ1n) is 11.2. The summed E-state index contributed by atoms with van der Waals surface area (Å²) in [6, 6.07) is 20.1. The van der Waals surface area contributed by atoms with Crippen LogP contribution in [0.3, 0.4) is 0 Å². The lowest BCUT2D eigenvalue weighted by molar-refractivity contribution is 0.244. The number of aryl methyl sites for hydroxylation is 1. The van der Waals surface area contributed by atoms with Crippen molar-refractivity contribution in [2.45, 2.75) is 26.3 Å². The van der Waals surface area contributed by atoms with Crippen molar-refractivity contribution in [3.8, 4) is 11.4 Å². The van der Waals surface area contributed by atoms with Gasteiger partial charge in [0.2, 0.25) is 5.82 Å². The quantitative estimate of drug-likeness (QED) is 0.335. The van der Waals surface area contributed by atoms with Crippen LogP contribution in [0.5, 0.6) is 0 Å². The van der Waals surface area contributed by atoms with E-state index in [0.29, 0.717) is 27.7 Å². The van der Waals surface area contributed by atoms with Crippen molar-refractivity contribution in [1.29, 1.82) is 0 Å². The van der Waals surface area contributed by atoms with Crippen molar-refractivity contribution in [2.24, 2.45) is 0 Å². The van der Waals surface area contributed by atoms with Crippen LogP contribution in [-0.4, -0.2) is 16.2 Å². The number of benzene rings is 3. The standard InChI is InChI=1S/C27H22ClFN4O2/c1-3-17-5-4-6-22(15-17)33-16(2)23(24(30-27(33)34)18-7-11-20(28)12-8-18)26-31-25(32-35-26)19-9-13-21(29)14-10-19/h4-15,24H,3H2,1-2H3,(H,30,34). The Balaban J connectivity index is 1.65. The summed E-state index contributed by atoms with van der Waals surface area (Å²) in [5.41, 5.74) is 4.62. The van der Waals surface area contributed by atoms with Crippen LogP contribution in [0.25, 0.3) is 17.0 Å². The normalized spacial score (nSPS) is 15.9. The summed E-state index contributed by atoms with van der Waals surface area (Å²) in [4.78, 5) is 19.6. The fourth-order valence-electron chi connectivity index (χ4n) is 4.20. The first-order chi connectivity index (χ1) is 16.9. The van der Waals surface area contributed by atoms with Gasteiger partial charge < -0.3 is 9.84 Å². The molecule has 1 aliphatic heterocycles. The van der Waals surface area contributed by atoms with Gasteiger partial charge in [0.25, 0.3) is 5.89 Å². The second kappa shape index (κ2) is 9.35. The topological polar surface area (TPSA) is 71.3 Å². The Labute approximate surface area is 207 Å². The third-order valence-corrected chi connectivity index (χ3v) is 6.28. The average molecular weight is 489 g/mol. The maximum absolute atomic E-state index is 13.4. The number of carbonyl (C=O) groups is 1. The molecule has 4 aromatic rings. The van der Waals surface area contributed by atoms with Gasteiger partial charge in [-0.15, -0.1) is 0 Å². The number of nitrogens with zero attached hydrogens (tertiary/aromatic N) is 3. The van der Waals surface area contributed by atoms with Crippen molar-refractivity contribution in [2.75, 3.05) is 4.90 Å². The number of hydrogen-bond acceptors (Lipinski definition) is 4. The molecule has 0 fully saturated rings. The Kier molecular flexibility index (Phi) is 6.09. The number of nitrogens with one attached hydrogen (secondary N) is 1. The summed E-state index contributed by atoms with van der Waals surface area (Å²) in [7, 11) is 0. The van der Waals surface area contributed by atoms with Gasteiger partial charge in [0.05, 0.1) is 17.3 Å². The van der Waals surface area contributed by atoms with E-state index < -0.39 is 6.04 Å². The molecule has 0 spiro atoms. The molecule has 0 aliphatic carbocycles. The summed E-state index contributed by atoms with van der Waals surface area (Å²) in [6.07, 6.45) is 0.844. The molecule has 0 saturated carbocycles. The summed E-state index contributed by atoms with van der Waals surface area (Å²) in [5, 5.41) is 7.79. The molecule has 8 heteroatoms. The molecular weight excluding hydrogens is 467 g/mol. The second-order valence-corrected chi connectivity index (χ2v) is 8.66. The Morgan fingerprint density at radius 2 is 1.83 bits per heavy atom. The largest absolute Gasteiger partial charge is 0.334 e. The molecule has 1 unspecified atom stereocenters. The van der Waals surface area contributed by atoms with Gasteiger partial charge in [-0.2, -0.15) is 4.98 Å². The molecule has 1 N–H and O–H groups in total.